The Hall–Kier alpha value is -2.95. The van der Waals surface area contributed by atoms with E-state index in [1.807, 2.05) is 62.8 Å². The molecule has 0 atom stereocenters. The van der Waals surface area contributed by atoms with Crippen LogP contribution >= 0.6 is 0 Å². The van der Waals surface area contributed by atoms with Crippen molar-refractivity contribution in [3.63, 3.8) is 0 Å². The number of likely N-dealkylation sites (N-methyl/N-ethyl adjacent to an activating group) is 1. The van der Waals surface area contributed by atoms with Gasteiger partial charge in [-0.05, 0) is 50.1 Å². The molecule has 0 spiro atoms. The summed E-state index contributed by atoms with van der Waals surface area (Å²) >= 11 is 0. The third-order valence-electron chi connectivity index (χ3n) is 4.32. The second-order valence-corrected chi connectivity index (χ2v) is 6.27. The van der Waals surface area contributed by atoms with E-state index in [9.17, 15) is 0 Å². The number of para-hydroxylation sites is 1. The van der Waals surface area contributed by atoms with Crippen LogP contribution in [0.1, 0.15) is 18.2 Å². The van der Waals surface area contributed by atoms with Gasteiger partial charge in [0.15, 0.2) is 0 Å². The van der Waals surface area contributed by atoms with Crippen LogP contribution in [0.5, 0.6) is 0 Å². The normalized spacial score (nSPS) is 10.6. The van der Waals surface area contributed by atoms with Gasteiger partial charge in [-0.25, -0.2) is 4.98 Å². The summed E-state index contributed by atoms with van der Waals surface area (Å²) in [5, 5.41) is 0. The van der Waals surface area contributed by atoms with Crippen molar-refractivity contribution in [1.29, 1.82) is 0 Å². The Morgan fingerprint density at radius 3 is 2.38 bits per heavy atom. The summed E-state index contributed by atoms with van der Waals surface area (Å²) in [5.74, 6) is 1.68. The van der Waals surface area contributed by atoms with E-state index >= 15 is 0 Å². The number of benzene rings is 1. The van der Waals surface area contributed by atoms with Crippen molar-refractivity contribution in [1.82, 2.24) is 15.0 Å². The molecule has 5 heteroatoms. The number of hydrogen-bond acceptors (Lipinski definition) is 5. The highest BCUT2D eigenvalue weighted by atomic mass is 15.3. The van der Waals surface area contributed by atoms with E-state index in [2.05, 4.69) is 38.8 Å². The minimum atomic E-state index is 0.753. The summed E-state index contributed by atoms with van der Waals surface area (Å²) in [5.41, 5.74) is 3.37. The van der Waals surface area contributed by atoms with Crippen LogP contribution < -0.4 is 9.80 Å². The van der Waals surface area contributed by atoms with Crippen molar-refractivity contribution < 1.29 is 0 Å². The summed E-state index contributed by atoms with van der Waals surface area (Å²) in [7, 11) is 2.04. The lowest BCUT2D eigenvalue weighted by Gasteiger charge is -2.24. The summed E-state index contributed by atoms with van der Waals surface area (Å²) in [4.78, 5) is 17.8. The molecular formula is C21H25N5. The second kappa shape index (κ2) is 8.43. The molecule has 0 saturated carbocycles. The van der Waals surface area contributed by atoms with E-state index in [1.54, 1.807) is 0 Å². The van der Waals surface area contributed by atoms with Gasteiger partial charge in [0.25, 0.3) is 0 Å². The van der Waals surface area contributed by atoms with E-state index in [-0.39, 0.29) is 0 Å². The molecule has 2 aromatic heterocycles. The Morgan fingerprint density at radius 2 is 1.69 bits per heavy atom. The van der Waals surface area contributed by atoms with Gasteiger partial charge in [-0.3, -0.25) is 4.98 Å². The molecule has 26 heavy (non-hydrogen) atoms. The molecule has 0 unspecified atom stereocenters. The highest BCUT2D eigenvalue weighted by Crippen LogP contribution is 2.25. The second-order valence-electron chi connectivity index (χ2n) is 6.27. The number of aryl methyl sites for hydroxylation is 1. The Labute approximate surface area is 155 Å². The Morgan fingerprint density at radius 1 is 0.962 bits per heavy atom. The summed E-state index contributed by atoms with van der Waals surface area (Å²) < 4.78 is 0. The molecule has 134 valence electrons. The van der Waals surface area contributed by atoms with Gasteiger partial charge in [0.2, 0.25) is 5.95 Å². The van der Waals surface area contributed by atoms with Crippen LogP contribution in [0.4, 0.5) is 17.5 Å². The molecule has 0 N–H and O–H groups in total. The number of nitrogens with zero attached hydrogens (tertiary/aromatic N) is 5. The van der Waals surface area contributed by atoms with Crippen LogP contribution in [0.3, 0.4) is 0 Å². The fourth-order valence-corrected chi connectivity index (χ4v) is 2.88. The Kier molecular flexibility index (Phi) is 5.79. The summed E-state index contributed by atoms with van der Waals surface area (Å²) in [6.07, 6.45) is 4.59. The lowest BCUT2D eigenvalue weighted by atomic mass is 10.2. The van der Waals surface area contributed by atoms with Crippen molar-refractivity contribution in [3.05, 3.63) is 72.2 Å². The minimum absolute atomic E-state index is 0.753. The molecule has 3 aromatic rings. The first kappa shape index (κ1) is 17.9. The average Bonchev–Trinajstić information content (AvgIpc) is 2.68. The molecule has 0 aliphatic heterocycles. The van der Waals surface area contributed by atoms with Gasteiger partial charge in [0.05, 0.1) is 0 Å². The third-order valence-corrected chi connectivity index (χ3v) is 4.32. The molecule has 0 aliphatic rings. The van der Waals surface area contributed by atoms with Gasteiger partial charge in [0.1, 0.15) is 5.82 Å². The topological polar surface area (TPSA) is 45.2 Å². The first-order chi connectivity index (χ1) is 12.7. The van der Waals surface area contributed by atoms with E-state index in [0.717, 1.165) is 42.7 Å². The van der Waals surface area contributed by atoms with Crippen LogP contribution in [0.15, 0.2) is 60.9 Å². The molecule has 0 aliphatic carbocycles. The van der Waals surface area contributed by atoms with Crippen molar-refractivity contribution in [2.45, 2.75) is 20.3 Å². The largest absolute Gasteiger partial charge is 0.343 e. The highest BCUT2D eigenvalue weighted by molar-refractivity contribution is 5.61. The molecule has 1 aromatic carbocycles. The maximum absolute atomic E-state index is 4.82. The van der Waals surface area contributed by atoms with Gasteiger partial charge in [0, 0.05) is 50.0 Å². The van der Waals surface area contributed by atoms with E-state index < -0.39 is 0 Å². The molecular weight excluding hydrogens is 322 g/mol. The number of anilines is 3. The van der Waals surface area contributed by atoms with Crippen LogP contribution in [0.2, 0.25) is 0 Å². The summed E-state index contributed by atoms with van der Waals surface area (Å²) in [6, 6.07) is 16.5. The fourth-order valence-electron chi connectivity index (χ4n) is 2.88. The zero-order chi connectivity index (χ0) is 18.4. The maximum Gasteiger partial charge on any atom is 0.227 e. The molecule has 0 radical (unpaired) electrons. The van der Waals surface area contributed by atoms with Crippen LogP contribution in [-0.4, -0.2) is 35.1 Å². The maximum atomic E-state index is 4.82. The van der Waals surface area contributed by atoms with Crippen LogP contribution in [0, 0.1) is 6.92 Å². The van der Waals surface area contributed by atoms with Gasteiger partial charge in [-0.15, -0.1) is 0 Å². The van der Waals surface area contributed by atoms with Gasteiger partial charge in [-0.1, -0.05) is 18.2 Å². The van der Waals surface area contributed by atoms with E-state index in [4.69, 9.17) is 4.98 Å². The Bertz CT molecular complexity index is 820. The quantitative estimate of drug-likeness (QED) is 0.646. The van der Waals surface area contributed by atoms with Gasteiger partial charge < -0.3 is 9.80 Å². The van der Waals surface area contributed by atoms with Gasteiger partial charge >= 0.3 is 0 Å². The Balaban J connectivity index is 1.80. The van der Waals surface area contributed by atoms with Crippen molar-refractivity contribution in [2.75, 3.05) is 29.9 Å². The smallest absolute Gasteiger partial charge is 0.227 e. The number of rotatable bonds is 7. The molecule has 5 nitrogen and oxygen atoms in total. The first-order valence-corrected chi connectivity index (χ1v) is 8.95. The highest BCUT2D eigenvalue weighted by Gasteiger charge is 2.13. The van der Waals surface area contributed by atoms with Crippen LogP contribution in [-0.2, 0) is 6.42 Å². The molecule has 0 amide bonds. The molecule has 0 fully saturated rings. The zero-order valence-electron chi connectivity index (χ0n) is 15.6. The summed E-state index contributed by atoms with van der Waals surface area (Å²) in [6.45, 7) is 5.85. The molecule has 2 heterocycles. The first-order valence-electron chi connectivity index (χ1n) is 8.95. The van der Waals surface area contributed by atoms with E-state index in [0.29, 0.717) is 0 Å². The number of hydrogen-bond donors (Lipinski definition) is 0. The monoisotopic (exact) mass is 347 g/mol. The third kappa shape index (κ3) is 4.36. The SMILES string of the molecule is CCN(c1ccccc1)c1cc(C)nc(N(C)CCc2ccncc2)n1. The predicted molar refractivity (Wildman–Crippen MR) is 107 cm³/mol. The molecule has 0 saturated heterocycles. The van der Waals surface area contributed by atoms with Crippen molar-refractivity contribution >= 4 is 17.5 Å². The molecule has 3 rings (SSSR count). The lowest BCUT2D eigenvalue weighted by Crippen LogP contribution is -2.25. The van der Waals surface area contributed by atoms with Crippen LogP contribution in [0.25, 0.3) is 0 Å². The number of aromatic nitrogens is 3. The van der Waals surface area contributed by atoms with Crippen molar-refractivity contribution in [3.8, 4) is 0 Å². The fraction of sp³-hybridized carbons (Fsp3) is 0.286. The minimum Gasteiger partial charge on any atom is -0.343 e. The van der Waals surface area contributed by atoms with Crippen molar-refractivity contribution in [2.24, 2.45) is 0 Å². The average molecular weight is 347 g/mol. The number of pyridine rings is 1. The van der Waals surface area contributed by atoms with Gasteiger partial charge in [-0.2, -0.15) is 4.98 Å². The molecule has 0 bridgehead atoms. The predicted octanol–water partition coefficient (Wildman–Crippen LogP) is 4.02. The standard InChI is InChI=1S/C21H25N5/c1-4-26(19-8-6-5-7-9-19)20-16-17(2)23-21(24-20)25(3)15-12-18-10-13-22-14-11-18/h5-11,13-14,16H,4,12,15H2,1-3H3. The zero-order valence-corrected chi connectivity index (χ0v) is 15.6. The van der Waals surface area contributed by atoms with E-state index in [1.165, 1.54) is 5.56 Å². The lowest BCUT2D eigenvalue weighted by molar-refractivity contribution is 0.827.